The van der Waals surface area contributed by atoms with E-state index in [2.05, 4.69) is 10.3 Å². The zero-order valence-corrected chi connectivity index (χ0v) is 7.90. The fraction of sp³-hybridized carbons (Fsp3) is 0.333. The SMILES string of the molecule is CC(O)CNC(=O)c1cncc(N)c1. The number of carbonyl (C=O) groups excluding carboxylic acids is 1. The van der Waals surface area contributed by atoms with Crippen molar-refractivity contribution >= 4 is 11.6 Å². The fourth-order valence-electron chi connectivity index (χ4n) is 0.924. The Morgan fingerprint density at radius 3 is 3.00 bits per heavy atom. The minimum Gasteiger partial charge on any atom is -0.397 e. The van der Waals surface area contributed by atoms with Gasteiger partial charge in [0.05, 0.1) is 17.4 Å². The van der Waals surface area contributed by atoms with Gasteiger partial charge in [-0.05, 0) is 13.0 Å². The van der Waals surface area contributed by atoms with Crippen LogP contribution in [0.5, 0.6) is 0 Å². The predicted octanol–water partition coefficient (Wildman–Crippen LogP) is -0.226. The van der Waals surface area contributed by atoms with Crippen LogP contribution in [0.4, 0.5) is 5.69 Å². The van der Waals surface area contributed by atoms with Gasteiger partial charge in [-0.25, -0.2) is 0 Å². The molecule has 0 aliphatic rings. The van der Waals surface area contributed by atoms with Crippen LogP contribution in [0.1, 0.15) is 17.3 Å². The first-order valence-corrected chi connectivity index (χ1v) is 4.26. The van der Waals surface area contributed by atoms with E-state index in [9.17, 15) is 4.79 Å². The van der Waals surface area contributed by atoms with E-state index >= 15 is 0 Å². The third-order valence-corrected chi connectivity index (χ3v) is 1.58. The highest BCUT2D eigenvalue weighted by Crippen LogP contribution is 2.03. The summed E-state index contributed by atoms with van der Waals surface area (Å²) >= 11 is 0. The minimum atomic E-state index is -0.562. The van der Waals surface area contributed by atoms with Crippen molar-refractivity contribution < 1.29 is 9.90 Å². The molecule has 0 bridgehead atoms. The van der Waals surface area contributed by atoms with Gasteiger partial charge in [0.15, 0.2) is 0 Å². The van der Waals surface area contributed by atoms with E-state index < -0.39 is 6.10 Å². The summed E-state index contributed by atoms with van der Waals surface area (Å²) in [7, 11) is 0. The molecular formula is C9H13N3O2. The number of nitrogens with one attached hydrogen (secondary N) is 1. The molecule has 1 heterocycles. The first-order chi connectivity index (χ1) is 6.59. The molecule has 1 rings (SSSR count). The molecule has 0 aliphatic heterocycles. The second-order valence-electron chi connectivity index (χ2n) is 3.07. The predicted molar refractivity (Wildman–Crippen MR) is 52.7 cm³/mol. The summed E-state index contributed by atoms with van der Waals surface area (Å²) in [4.78, 5) is 15.2. The summed E-state index contributed by atoms with van der Waals surface area (Å²) in [6.45, 7) is 1.81. The number of anilines is 1. The molecule has 0 radical (unpaired) electrons. The Kier molecular flexibility index (Phi) is 3.41. The third kappa shape index (κ3) is 3.02. The molecule has 4 N–H and O–H groups in total. The number of pyridine rings is 1. The lowest BCUT2D eigenvalue weighted by Crippen LogP contribution is -2.30. The molecular weight excluding hydrogens is 182 g/mol. The molecule has 0 aromatic carbocycles. The molecule has 1 unspecified atom stereocenters. The van der Waals surface area contributed by atoms with E-state index in [1.165, 1.54) is 18.5 Å². The van der Waals surface area contributed by atoms with Gasteiger partial charge < -0.3 is 16.2 Å². The van der Waals surface area contributed by atoms with Crippen molar-refractivity contribution in [2.75, 3.05) is 12.3 Å². The lowest BCUT2D eigenvalue weighted by atomic mass is 10.2. The minimum absolute atomic E-state index is 0.216. The molecule has 0 saturated heterocycles. The van der Waals surface area contributed by atoms with Crippen LogP contribution in [0.15, 0.2) is 18.5 Å². The fourth-order valence-corrected chi connectivity index (χ4v) is 0.924. The lowest BCUT2D eigenvalue weighted by Gasteiger charge is -2.06. The van der Waals surface area contributed by atoms with Gasteiger partial charge in [-0.2, -0.15) is 0 Å². The molecule has 5 nitrogen and oxygen atoms in total. The highest BCUT2D eigenvalue weighted by Gasteiger charge is 2.06. The molecule has 1 atom stereocenters. The molecule has 0 fully saturated rings. The van der Waals surface area contributed by atoms with Gasteiger partial charge in [0.25, 0.3) is 5.91 Å². The van der Waals surface area contributed by atoms with Crippen molar-refractivity contribution in [2.45, 2.75) is 13.0 Å². The van der Waals surface area contributed by atoms with Crippen molar-refractivity contribution in [1.29, 1.82) is 0 Å². The van der Waals surface area contributed by atoms with Gasteiger partial charge in [-0.1, -0.05) is 0 Å². The van der Waals surface area contributed by atoms with Gasteiger partial charge in [0, 0.05) is 18.9 Å². The summed E-state index contributed by atoms with van der Waals surface area (Å²) in [5.74, 6) is -0.286. The van der Waals surface area contributed by atoms with Crippen LogP contribution >= 0.6 is 0 Å². The van der Waals surface area contributed by atoms with Crippen LogP contribution in [0.25, 0.3) is 0 Å². The molecule has 5 heteroatoms. The number of aliphatic hydroxyl groups excluding tert-OH is 1. The largest absolute Gasteiger partial charge is 0.397 e. The van der Waals surface area contributed by atoms with Crippen molar-refractivity contribution in [3.8, 4) is 0 Å². The van der Waals surface area contributed by atoms with Crippen molar-refractivity contribution in [3.63, 3.8) is 0 Å². The number of nitrogen functional groups attached to an aromatic ring is 1. The molecule has 14 heavy (non-hydrogen) atoms. The molecule has 0 aliphatic carbocycles. The molecule has 0 saturated carbocycles. The Morgan fingerprint density at radius 2 is 2.43 bits per heavy atom. The van der Waals surface area contributed by atoms with E-state index in [0.717, 1.165) is 0 Å². The smallest absolute Gasteiger partial charge is 0.253 e. The molecule has 76 valence electrons. The van der Waals surface area contributed by atoms with Crippen molar-refractivity contribution in [2.24, 2.45) is 0 Å². The maximum Gasteiger partial charge on any atom is 0.253 e. The molecule has 1 amide bonds. The number of hydrogen-bond acceptors (Lipinski definition) is 4. The van der Waals surface area contributed by atoms with Crippen LogP contribution in [0.2, 0.25) is 0 Å². The second-order valence-corrected chi connectivity index (χ2v) is 3.07. The van der Waals surface area contributed by atoms with Gasteiger partial charge in [-0.15, -0.1) is 0 Å². The summed E-state index contributed by atoms with van der Waals surface area (Å²) in [5.41, 5.74) is 6.29. The maximum absolute atomic E-state index is 11.4. The zero-order chi connectivity index (χ0) is 10.6. The van der Waals surface area contributed by atoms with Crippen molar-refractivity contribution in [1.82, 2.24) is 10.3 Å². The average Bonchev–Trinajstić information content (AvgIpc) is 2.14. The number of nitrogens with two attached hydrogens (primary N) is 1. The quantitative estimate of drug-likeness (QED) is 0.622. The summed E-state index contributed by atoms with van der Waals surface area (Å²) in [6.07, 6.45) is 2.33. The normalized spacial score (nSPS) is 12.1. The number of aliphatic hydroxyl groups is 1. The van der Waals surface area contributed by atoms with Gasteiger partial charge >= 0.3 is 0 Å². The zero-order valence-electron chi connectivity index (χ0n) is 7.90. The molecule has 1 aromatic rings. The highest BCUT2D eigenvalue weighted by atomic mass is 16.3. The van der Waals surface area contributed by atoms with Gasteiger partial charge in [0.2, 0.25) is 0 Å². The van der Waals surface area contributed by atoms with Crippen molar-refractivity contribution in [3.05, 3.63) is 24.0 Å². The standard InChI is InChI=1S/C9H13N3O2/c1-6(13)3-12-9(14)7-2-8(10)5-11-4-7/h2,4-6,13H,3,10H2,1H3,(H,12,14). The monoisotopic (exact) mass is 195 g/mol. The summed E-state index contributed by atoms with van der Waals surface area (Å²) in [5, 5.41) is 11.5. The van der Waals surface area contributed by atoms with Crippen LogP contribution in [0, 0.1) is 0 Å². The summed E-state index contributed by atoms with van der Waals surface area (Å²) < 4.78 is 0. The van der Waals surface area contributed by atoms with Crippen LogP contribution < -0.4 is 11.1 Å². The Bertz CT molecular complexity index is 326. The Hall–Kier alpha value is -1.62. The van der Waals surface area contributed by atoms with E-state index in [0.29, 0.717) is 11.3 Å². The number of hydrogen-bond donors (Lipinski definition) is 3. The first-order valence-electron chi connectivity index (χ1n) is 4.26. The van der Waals surface area contributed by atoms with E-state index in [1.54, 1.807) is 6.92 Å². The Morgan fingerprint density at radius 1 is 1.71 bits per heavy atom. The number of rotatable bonds is 3. The average molecular weight is 195 g/mol. The van der Waals surface area contributed by atoms with Crippen LogP contribution in [-0.4, -0.2) is 28.6 Å². The number of nitrogens with zero attached hydrogens (tertiary/aromatic N) is 1. The third-order valence-electron chi connectivity index (χ3n) is 1.58. The summed E-state index contributed by atoms with van der Waals surface area (Å²) in [6, 6.07) is 1.53. The van der Waals surface area contributed by atoms with E-state index in [4.69, 9.17) is 10.8 Å². The van der Waals surface area contributed by atoms with Gasteiger partial charge in [0.1, 0.15) is 0 Å². The highest BCUT2D eigenvalue weighted by molar-refractivity contribution is 5.94. The van der Waals surface area contributed by atoms with E-state index in [-0.39, 0.29) is 12.5 Å². The van der Waals surface area contributed by atoms with Gasteiger partial charge in [-0.3, -0.25) is 9.78 Å². The van der Waals surface area contributed by atoms with Crippen LogP contribution in [0.3, 0.4) is 0 Å². The molecule has 0 spiro atoms. The number of aromatic nitrogens is 1. The topological polar surface area (TPSA) is 88.2 Å². The lowest BCUT2D eigenvalue weighted by molar-refractivity contribution is 0.0923. The Labute approximate surface area is 82.0 Å². The Balaban J connectivity index is 2.61. The second kappa shape index (κ2) is 4.57. The molecule has 1 aromatic heterocycles. The number of amides is 1. The maximum atomic E-state index is 11.4. The van der Waals surface area contributed by atoms with Crippen LogP contribution in [-0.2, 0) is 0 Å². The number of carbonyl (C=O) groups is 1. The first kappa shape index (κ1) is 10.5. The van der Waals surface area contributed by atoms with E-state index in [1.807, 2.05) is 0 Å².